The third-order valence-corrected chi connectivity index (χ3v) is 3.18. The number of benzene rings is 1. The Morgan fingerprint density at radius 2 is 1.83 bits per heavy atom. The van der Waals surface area contributed by atoms with E-state index in [-0.39, 0.29) is 5.56 Å². The molecule has 0 aliphatic heterocycles. The normalized spacial score (nSPS) is 11.2. The van der Waals surface area contributed by atoms with E-state index in [1.54, 1.807) is 12.1 Å². The van der Waals surface area contributed by atoms with Gasteiger partial charge in [0, 0.05) is 5.02 Å². The first-order valence-electron chi connectivity index (χ1n) is 6.29. The maximum absolute atomic E-state index is 12.0. The standard InChI is InChI=1S/C13H9ClN6O3/c14-8-1-3-9(4-2-8)20-12(22)10(11(21)18-13(20)23)5-17-19-6-15-16-7-19/h1-7,22H,(H,18,21,23)/b17-5+. The number of aromatic nitrogens is 5. The average molecular weight is 333 g/mol. The third kappa shape index (κ3) is 2.90. The first-order chi connectivity index (χ1) is 11.1. The second-order valence-electron chi connectivity index (χ2n) is 4.39. The summed E-state index contributed by atoms with van der Waals surface area (Å²) in [6.45, 7) is 0. The highest BCUT2D eigenvalue weighted by Crippen LogP contribution is 2.17. The summed E-state index contributed by atoms with van der Waals surface area (Å²) < 4.78 is 2.17. The van der Waals surface area contributed by atoms with Gasteiger partial charge >= 0.3 is 5.69 Å². The number of aromatic amines is 1. The molecule has 0 radical (unpaired) electrons. The number of nitrogens with zero attached hydrogens (tertiary/aromatic N) is 5. The van der Waals surface area contributed by atoms with Crippen LogP contribution in [-0.2, 0) is 0 Å². The fourth-order valence-corrected chi connectivity index (χ4v) is 1.99. The molecule has 0 amide bonds. The predicted octanol–water partition coefficient (Wildman–Crippen LogP) is 0.358. The fourth-order valence-electron chi connectivity index (χ4n) is 1.86. The highest BCUT2D eigenvalue weighted by molar-refractivity contribution is 6.30. The Bertz CT molecular complexity index is 972. The molecule has 0 unspecified atom stereocenters. The molecule has 0 spiro atoms. The first-order valence-corrected chi connectivity index (χ1v) is 6.67. The van der Waals surface area contributed by atoms with Crippen molar-refractivity contribution in [2.45, 2.75) is 0 Å². The van der Waals surface area contributed by atoms with Crippen LogP contribution in [0.15, 0.2) is 51.6 Å². The number of halogens is 1. The van der Waals surface area contributed by atoms with Crippen molar-refractivity contribution in [1.29, 1.82) is 0 Å². The van der Waals surface area contributed by atoms with Crippen LogP contribution in [0.3, 0.4) is 0 Å². The Kier molecular flexibility index (Phi) is 3.77. The molecule has 1 aromatic carbocycles. The zero-order valence-corrected chi connectivity index (χ0v) is 12.2. The largest absolute Gasteiger partial charge is 0.493 e. The van der Waals surface area contributed by atoms with Gasteiger partial charge in [-0.2, -0.15) is 5.10 Å². The Morgan fingerprint density at radius 3 is 2.48 bits per heavy atom. The molecule has 0 saturated carbocycles. The summed E-state index contributed by atoms with van der Waals surface area (Å²) in [7, 11) is 0. The van der Waals surface area contributed by atoms with E-state index in [9.17, 15) is 14.7 Å². The molecule has 23 heavy (non-hydrogen) atoms. The first kappa shape index (κ1) is 14.7. The highest BCUT2D eigenvalue weighted by Gasteiger charge is 2.14. The van der Waals surface area contributed by atoms with Crippen LogP contribution in [0.5, 0.6) is 5.88 Å². The maximum Gasteiger partial charge on any atom is 0.335 e. The summed E-state index contributed by atoms with van der Waals surface area (Å²) in [6, 6.07) is 6.17. The van der Waals surface area contributed by atoms with Crippen LogP contribution in [0.4, 0.5) is 0 Å². The van der Waals surface area contributed by atoms with E-state index >= 15 is 0 Å². The van der Waals surface area contributed by atoms with Crippen molar-refractivity contribution in [1.82, 2.24) is 24.4 Å². The summed E-state index contributed by atoms with van der Waals surface area (Å²) >= 11 is 5.80. The summed E-state index contributed by atoms with van der Waals surface area (Å²) in [5.41, 5.74) is -1.40. The highest BCUT2D eigenvalue weighted by atomic mass is 35.5. The second kappa shape index (κ2) is 5.89. The van der Waals surface area contributed by atoms with Gasteiger partial charge in [0.1, 0.15) is 18.2 Å². The van der Waals surface area contributed by atoms with Crippen molar-refractivity contribution >= 4 is 17.8 Å². The number of hydrogen-bond donors (Lipinski definition) is 2. The van der Waals surface area contributed by atoms with E-state index in [0.29, 0.717) is 10.7 Å². The lowest BCUT2D eigenvalue weighted by molar-refractivity contribution is 0.430. The Hall–Kier alpha value is -3.20. The molecule has 2 heterocycles. The van der Waals surface area contributed by atoms with E-state index in [4.69, 9.17) is 11.6 Å². The predicted molar refractivity (Wildman–Crippen MR) is 82.3 cm³/mol. The molecular weight excluding hydrogens is 324 g/mol. The number of hydrogen-bond acceptors (Lipinski definition) is 6. The van der Waals surface area contributed by atoms with Gasteiger partial charge in [0.05, 0.1) is 11.9 Å². The molecule has 10 heteroatoms. The minimum absolute atomic E-state index is 0.187. The lowest BCUT2D eigenvalue weighted by atomic mass is 10.3. The van der Waals surface area contributed by atoms with Gasteiger partial charge in [-0.25, -0.2) is 14.0 Å². The zero-order valence-electron chi connectivity index (χ0n) is 11.4. The molecule has 0 atom stereocenters. The Balaban J connectivity index is 2.15. The van der Waals surface area contributed by atoms with Gasteiger partial charge < -0.3 is 5.11 Å². The van der Waals surface area contributed by atoms with Crippen molar-refractivity contribution in [2.75, 3.05) is 0 Å². The van der Waals surface area contributed by atoms with Crippen molar-refractivity contribution in [3.8, 4) is 11.6 Å². The van der Waals surface area contributed by atoms with Gasteiger partial charge in [-0.15, -0.1) is 10.2 Å². The third-order valence-electron chi connectivity index (χ3n) is 2.93. The van der Waals surface area contributed by atoms with E-state index in [2.05, 4.69) is 20.3 Å². The molecule has 9 nitrogen and oxygen atoms in total. The van der Waals surface area contributed by atoms with Gasteiger partial charge in [0.15, 0.2) is 0 Å². The minimum Gasteiger partial charge on any atom is -0.493 e. The van der Waals surface area contributed by atoms with Crippen LogP contribution in [0.1, 0.15) is 5.56 Å². The van der Waals surface area contributed by atoms with Crippen molar-refractivity contribution < 1.29 is 5.11 Å². The average Bonchev–Trinajstić information content (AvgIpc) is 3.02. The number of rotatable bonds is 3. The zero-order chi connectivity index (χ0) is 16.4. The SMILES string of the molecule is O=c1[nH]c(=O)n(-c2ccc(Cl)cc2)c(O)c1/C=N/n1cnnc1. The second-order valence-corrected chi connectivity index (χ2v) is 4.83. The van der Waals surface area contributed by atoms with E-state index < -0.39 is 17.1 Å². The molecule has 0 bridgehead atoms. The van der Waals surface area contributed by atoms with E-state index in [1.807, 2.05) is 0 Å². The molecule has 2 N–H and O–H groups in total. The molecule has 0 aliphatic rings. The molecular formula is C13H9ClN6O3. The van der Waals surface area contributed by atoms with Crippen molar-refractivity contribution in [3.05, 3.63) is 68.3 Å². The topological polar surface area (TPSA) is 118 Å². The van der Waals surface area contributed by atoms with Gasteiger partial charge in [-0.1, -0.05) is 11.6 Å². The Morgan fingerprint density at radius 1 is 1.17 bits per heavy atom. The number of H-pyrrole nitrogens is 1. The molecule has 0 saturated heterocycles. The molecule has 3 rings (SSSR count). The fraction of sp³-hybridized carbons (Fsp3) is 0. The van der Waals surface area contributed by atoms with Crippen LogP contribution in [-0.4, -0.2) is 35.7 Å². The van der Waals surface area contributed by atoms with Crippen molar-refractivity contribution in [2.24, 2.45) is 5.10 Å². The van der Waals surface area contributed by atoms with Crippen LogP contribution < -0.4 is 11.2 Å². The molecule has 3 aromatic rings. The number of nitrogens with one attached hydrogen (secondary N) is 1. The number of aromatic hydroxyl groups is 1. The molecule has 0 fully saturated rings. The molecule has 2 aromatic heterocycles. The van der Waals surface area contributed by atoms with E-state index in [1.165, 1.54) is 29.5 Å². The molecule has 116 valence electrons. The van der Waals surface area contributed by atoms with Crippen LogP contribution >= 0.6 is 11.6 Å². The van der Waals surface area contributed by atoms with Gasteiger partial charge in [-0.3, -0.25) is 9.78 Å². The summed E-state index contributed by atoms with van der Waals surface area (Å²) in [4.78, 5) is 26.0. The molecule has 0 aliphatic carbocycles. The van der Waals surface area contributed by atoms with Crippen LogP contribution in [0, 0.1) is 0 Å². The van der Waals surface area contributed by atoms with Crippen LogP contribution in [0.25, 0.3) is 5.69 Å². The smallest absolute Gasteiger partial charge is 0.335 e. The van der Waals surface area contributed by atoms with Crippen molar-refractivity contribution in [3.63, 3.8) is 0 Å². The monoisotopic (exact) mass is 332 g/mol. The van der Waals surface area contributed by atoms with E-state index in [0.717, 1.165) is 10.8 Å². The van der Waals surface area contributed by atoms with Gasteiger partial charge in [0.25, 0.3) is 5.56 Å². The summed E-state index contributed by atoms with van der Waals surface area (Å²) in [5, 5.41) is 21.7. The Labute approximate surface area is 133 Å². The quantitative estimate of drug-likeness (QED) is 0.671. The summed E-state index contributed by atoms with van der Waals surface area (Å²) in [6.07, 6.45) is 3.71. The van der Waals surface area contributed by atoms with Crippen LogP contribution in [0.2, 0.25) is 5.02 Å². The van der Waals surface area contributed by atoms with Gasteiger partial charge in [-0.05, 0) is 24.3 Å². The lowest BCUT2D eigenvalue weighted by Crippen LogP contribution is -2.31. The summed E-state index contributed by atoms with van der Waals surface area (Å²) in [5.74, 6) is -0.544. The lowest BCUT2D eigenvalue weighted by Gasteiger charge is -2.09. The van der Waals surface area contributed by atoms with Gasteiger partial charge in [0.2, 0.25) is 5.88 Å². The minimum atomic E-state index is -0.781. The maximum atomic E-state index is 12.0.